The highest BCUT2D eigenvalue weighted by molar-refractivity contribution is 6.11. The van der Waals surface area contributed by atoms with E-state index in [1.54, 1.807) is 0 Å². The summed E-state index contributed by atoms with van der Waals surface area (Å²) in [7, 11) is 0. The molecule has 1 aliphatic heterocycles. The molecule has 0 radical (unpaired) electrons. The number of hydrogen-bond donors (Lipinski definition) is 1. The number of halogens is 4. The van der Waals surface area contributed by atoms with Crippen LogP contribution in [0.3, 0.4) is 0 Å². The number of hydrogen-bond acceptors (Lipinski definition) is 4. The zero-order valence-electron chi connectivity index (χ0n) is 10.1. The number of nitrogens with one attached hydrogen (secondary N) is 1. The molecule has 0 spiro atoms. The Labute approximate surface area is 111 Å². The van der Waals surface area contributed by atoms with Gasteiger partial charge in [0.2, 0.25) is 0 Å². The second kappa shape index (κ2) is 5.28. The fourth-order valence-corrected chi connectivity index (χ4v) is 2.00. The van der Waals surface area contributed by atoms with Crippen molar-refractivity contribution in [2.24, 2.45) is 5.92 Å². The molecule has 1 N–H and O–H groups in total. The molecular formula is C12H10F4N2O2. The van der Waals surface area contributed by atoms with Crippen LogP contribution in [0, 0.1) is 11.7 Å². The van der Waals surface area contributed by atoms with Gasteiger partial charge in [0.05, 0.1) is 11.5 Å². The van der Waals surface area contributed by atoms with Crippen molar-refractivity contribution < 1.29 is 27.2 Å². The average Bonchev–Trinajstić information content (AvgIpc) is 2.37. The standard InChI is InChI=1S/C12H10F4N2O2/c13-9-6(1-4-18-11(9)12(14,15)16)10(20)7-5-17-3-2-8(7)19/h1,4,7,17H,2-3,5H2. The van der Waals surface area contributed by atoms with E-state index in [0.29, 0.717) is 12.7 Å². The lowest BCUT2D eigenvalue weighted by atomic mass is 9.89. The number of carbonyl (C=O) groups excluding carboxylic acids is 2. The quantitative estimate of drug-likeness (QED) is 0.510. The minimum atomic E-state index is -4.99. The third kappa shape index (κ3) is 2.69. The molecule has 2 heterocycles. The van der Waals surface area contributed by atoms with Gasteiger partial charge in [0.1, 0.15) is 5.78 Å². The molecule has 1 unspecified atom stereocenters. The van der Waals surface area contributed by atoms with E-state index in [0.717, 1.165) is 6.07 Å². The molecule has 1 saturated heterocycles. The Morgan fingerprint density at radius 2 is 2.10 bits per heavy atom. The monoisotopic (exact) mass is 290 g/mol. The third-order valence-corrected chi connectivity index (χ3v) is 3.02. The maximum absolute atomic E-state index is 13.8. The summed E-state index contributed by atoms with van der Waals surface area (Å²) in [6.45, 7) is 0.399. The molecule has 1 aromatic rings. The summed E-state index contributed by atoms with van der Waals surface area (Å²) in [5.74, 6) is -4.24. The number of carbonyl (C=O) groups is 2. The fraction of sp³-hybridized carbons (Fsp3) is 0.417. The fourth-order valence-electron chi connectivity index (χ4n) is 2.00. The minimum Gasteiger partial charge on any atom is -0.315 e. The van der Waals surface area contributed by atoms with Crippen molar-refractivity contribution in [2.45, 2.75) is 12.6 Å². The van der Waals surface area contributed by atoms with Gasteiger partial charge in [-0.3, -0.25) is 9.59 Å². The molecular weight excluding hydrogens is 280 g/mol. The molecule has 1 atom stereocenters. The highest BCUT2D eigenvalue weighted by atomic mass is 19.4. The molecule has 0 aliphatic carbocycles. The second-order valence-electron chi connectivity index (χ2n) is 4.36. The van der Waals surface area contributed by atoms with Gasteiger partial charge in [-0.2, -0.15) is 13.2 Å². The van der Waals surface area contributed by atoms with Crippen LogP contribution in [0.1, 0.15) is 22.5 Å². The van der Waals surface area contributed by atoms with Crippen molar-refractivity contribution in [3.8, 4) is 0 Å². The summed E-state index contributed by atoms with van der Waals surface area (Å²) in [6, 6.07) is 0.856. The van der Waals surface area contributed by atoms with Crippen LogP contribution in [-0.4, -0.2) is 29.6 Å². The van der Waals surface area contributed by atoms with Crippen LogP contribution < -0.4 is 5.32 Å². The number of ketones is 2. The zero-order valence-corrected chi connectivity index (χ0v) is 10.1. The van der Waals surface area contributed by atoms with Crippen LogP contribution in [0.2, 0.25) is 0 Å². The lowest BCUT2D eigenvalue weighted by Gasteiger charge is -2.21. The van der Waals surface area contributed by atoms with Crippen LogP contribution in [0.4, 0.5) is 17.6 Å². The zero-order chi connectivity index (χ0) is 14.9. The van der Waals surface area contributed by atoms with Gasteiger partial charge < -0.3 is 5.32 Å². The minimum absolute atomic E-state index is 0.000775. The molecule has 0 bridgehead atoms. The Balaban J connectivity index is 2.38. The van der Waals surface area contributed by atoms with Crippen molar-refractivity contribution in [3.63, 3.8) is 0 Å². The van der Waals surface area contributed by atoms with E-state index < -0.39 is 40.7 Å². The number of rotatable bonds is 2. The Kier molecular flexibility index (Phi) is 3.85. The van der Waals surface area contributed by atoms with Crippen LogP contribution in [0.5, 0.6) is 0 Å². The topological polar surface area (TPSA) is 59.1 Å². The summed E-state index contributed by atoms with van der Waals surface area (Å²) in [5.41, 5.74) is -2.51. The van der Waals surface area contributed by atoms with Gasteiger partial charge in [0, 0.05) is 25.7 Å². The van der Waals surface area contributed by atoms with Gasteiger partial charge in [0.15, 0.2) is 17.3 Å². The smallest absolute Gasteiger partial charge is 0.315 e. The van der Waals surface area contributed by atoms with Crippen molar-refractivity contribution in [1.29, 1.82) is 0 Å². The van der Waals surface area contributed by atoms with E-state index in [4.69, 9.17) is 0 Å². The Hall–Kier alpha value is -1.83. The van der Waals surface area contributed by atoms with Gasteiger partial charge in [-0.15, -0.1) is 0 Å². The van der Waals surface area contributed by atoms with Crippen LogP contribution in [0.25, 0.3) is 0 Å². The second-order valence-corrected chi connectivity index (χ2v) is 4.36. The van der Waals surface area contributed by atoms with Gasteiger partial charge in [-0.1, -0.05) is 0 Å². The molecule has 2 rings (SSSR count). The summed E-state index contributed by atoms with van der Waals surface area (Å²) in [6.07, 6.45) is -4.19. The number of alkyl halides is 3. The van der Waals surface area contributed by atoms with Gasteiger partial charge in [0.25, 0.3) is 0 Å². The first kappa shape index (κ1) is 14.6. The molecule has 0 aromatic carbocycles. The van der Waals surface area contributed by atoms with Gasteiger partial charge >= 0.3 is 6.18 Å². The molecule has 108 valence electrons. The molecule has 0 saturated carbocycles. The van der Waals surface area contributed by atoms with Crippen LogP contribution in [0.15, 0.2) is 12.3 Å². The van der Waals surface area contributed by atoms with Crippen LogP contribution in [-0.2, 0) is 11.0 Å². The predicted molar refractivity (Wildman–Crippen MR) is 59.5 cm³/mol. The maximum Gasteiger partial charge on any atom is 0.436 e. The summed E-state index contributed by atoms with van der Waals surface area (Å²) >= 11 is 0. The van der Waals surface area contributed by atoms with E-state index in [1.165, 1.54) is 0 Å². The van der Waals surface area contributed by atoms with Crippen LogP contribution >= 0.6 is 0 Å². The lowest BCUT2D eigenvalue weighted by molar-refractivity contribution is -0.143. The summed E-state index contributed by atoms with van der Waals surface area (Å²) in [4.78, 5) is 26.5. The first-order valence-corrected chi connectivity index (χ1v) is 5.81. The number of nitrogens with zero attached hydrogens (tertiary/aromatic N) is 1. The number of pyridine rings is 1. The SMILES string of the molecule is O=C1CCNCC1C(=O)c1ccnc(C(F)(F)F)c1F. The molecule has 0 amide bonds. The van der Waals surface area contributed by atoms with Gasteiger partial charge in [-0.25, -0.2) is 9.37 Å². The van der Waals surface area contributed by atoms with Crippen molar-refractivity contribution in [1.82, 2.24) is 10.3 Å². The Morgan fingerprint density at radius 1 is 1.40 bits per heavy atom. The van der Waals surface area contributed by atoms with E-state index in [2.05, 4.69) is 10.3 Å². The molecule has 1 aliphatic rings. The Bertz CT molecular complexity index is 557. The van der Waals surface area contributed by atoms with E-state index >= 15 is 0 Å². The largest absolute Gasteiger partial charge is 0.436 e. The summed E-state index contributed by atoms with van der Waals surface area (Å²) in [5, 5.41) is 2.78. The van der Waals surface area contributed by atoms with Crippen molar-refractivity contribution in [2.75, 3.05) is 13.1 Å². The van der Waals surface area contributed by atoms with Crippen molar-refractivity contribution in [3.05, 3.63) is 29.3 Å². The van der Waals surface area contributed by atoms with Gasteiger partial charge in [-0.05, 0) is 6.07 Å². The number of aromatic nitrogens is 1. The van der Waals surface area contributed by atoms with Crippen molar-refractivity contribution >= 4 is 11.6 Å². The Morgan fingerprint density at radius 3 is 2.70 bits per heavy atom. The number of Topliss-reactive ketones (excluding diaryl/α,β-unsaturated/α-hetero) is 2. The van der Waals surface area contributed by atoms with E-state index in [9.17, 15) is 27.2 Å². The molecule has 1 aromatic heterocycles. The first-order chi connectivity index (χ1) is 9.32. The first-order valence-electron chi connectivity index (χ1n) is 5.81. The lowest BCUT2D eigenvalue weighted by Crippen LogP contribution is -2.41. The highest BCUT2D eigenvalue weighted by Crippen LogP contribution is 2.31. The third-order valence-electron chi connectivity index (χ3n) is 3.02. The molecule has 20 heavy (non-hydrogen) atoms. The predicted octanol–water partition coefficient (Wildman–Crippen LogP) is 1.60. The molecule has 1 fully saturated rings. The maximum atomic E-state index is 13.8. The highest BCUT2D eigenvalue weighted by Gasteiger charge is 2.39. The average molecular weight is 290 g/mol. The molecule has 4 nitrogen and oxygen atoms in total. The number of piperidine rings is 1. The molecule has 8 heteroatoms. The normalized spacial score (nSPS) is 20.0. The van der Waals surface area contributed by atoms with E-state index in [-0.39, 0.29) is 13.0 Å². The summed E-state index contributed by atoms with van der Waals surface area (Å²) < 4.78 is 51.3. The van der Waals surface area contributed by atoms with E-state index in [1.807, 2.05) is 0 Å².